The zero-order chi connectivity index (χ0) is 22.0. The highest BCUT2D eigenvalue weighted by Crippen LogP contribution is 2.33. The van der Waals surface area contributed by atoms with E-state index in [2.05, 4.69) is 15.4 Å². The Hall–Kier alpha value is -3.65. The third-order valence-corrected chi connectivity index (χ3v) is 5.52. The summed E-state index contributed by atoms with van der Waals surface area (Å²) < 4.78 is 12.5. The van der Waals surface area contributed by atoms with Crippen LogP contribution in [-0.2, 0) is 0 Å². The predicted molar refractivity (Wildman–Crippen MR) is 122 cm³/mol. The average molecular weight is 435 g/mol. The Morgan fingerprint density at radius 1 is 1.00 bits per heavy atom. The first-order chi connectivity index (χ1) is 15.0. The van der Waals surface area contributed by atoms with Gasteiger partial charge in [0.05, 0.1) is 19.9 Å². The van der Waals surface area contributed by atoms with Gasteiger partial charge in [-0.3, -0.25) is 10.1 Å². The van der Waals surface area contributed by atoms with E-state index in [0.29, 0.717) is 10.9 Å². The lowest BCUT2D eigenvalue weighted by molar-refractivity contribution is 0.102. The lowest BCUT2D eigenvalue weighted by Crippen LogP contribution is -2.13. The van der Waals surface area contributed by atoms with Gasteiger partial charge >= 0.3 is 0 Å². The molecule has 1 N–H and O–H groups in total. The first-order valence-electron chi connectivity index (χ1n) is 9.61. The van der Waals surface area contributed by atoms with Crippen molar-refractivity contribution in [3.05, 3.63) is 70.9 Å². The zero-order valence-electron chi connectivity index (χ0n) is 17.7. The average Bonchev–Trinajstić information content (AvgIpc) is 3.43. The third-order valence-electron chi connectivity index (χ3n) is 4.76. The highest BCUT2D eigenvalue weighted by Gasteiger charge is 2.16. The molecule has 0 unspecified atom stereocenters. The third kappa shape index (κ3) is 4.29. The number of methoxy groups -OCH3 is 2. The molecule has 2 aromatic heterocycles. The fourth-order valence-electron chi connectivity index (χ4n) is 3.20. The van der Waals surface area contributed by atoms with Crippen LogP contribution in [-0.4, -0.2) is 34.9 Å². The minimum absolute atomic E-state index is 0.286. The van der Waals surface area contributed by atoms with Crippen LogP contribution in [0.2, 0.25) is 0 Å². The molecule has 2 aromatic carbocycles. The van der Waals surface area contributed by atoms with E-state index >= 15 is 0 Å². The molecule has 0 aliphatic rings. The van der Waals surface area contributed by atoms with Gasteiger partial charge in [0.2, 0.25) is 0 Å². The predicted octanol–water partition coefficient (Wildman–Crippen LogP) is 4.88. The van der Waals surface area contributed by atoms with Crippen molar-refractivity contribution in [1.29, 1.82) is 0 Å². The summed E-state index contributed by atoms with van der Waals surface area (Å²) in [6.07, 6.45) is 1.73. The fourth-order valence-corrected chi connectivity index (χ4v) is 3.90. The molecule has 7 nitrogen and oxygen atoms in total. The van der Waals surface area contributed by atoms with Gasteiger partial charge < -0.3 is 9.47 Å². The van der Waals surface area contributed by atoms with Crippen LogP contribution in [0, 0.1) is 13.8 Å². The number of hydrogen-bond donors (Lipinski definition) is 1. The van der Waals surface area contributed by atoms with Crippen LogP contribution in [0.25, 0.3) is 16.9 Å². The fraction of sp³-hybridized carbons (Fsp3) is 0.174. The van der Waals surface area contributed by atoms with Crippen molar-refractivity contribution in [2.75, 3.05) is 19.5 Å². The number of anilines is 1. The molecule has 158 valence electrons. The largest absolute Gasteiger partial charge is 0.496 e. The van der Waals surface area contributed by atoms with E-state index in [4.69, 9.17) is 9.47 Å². The molecule has 31 heavy (non-hydrogen) atoms. The van der Waals surface area contributed by atoms with Crippen LogP contribution in [0.3, 0.4) is 0 Å². The monoisotopic (exact) mass is 434 g/mol. The Morgan fingerprint density at radius 2 is 1.71 bits per heavy atom. The van der Waals surface area contributed by atoms with Crippen molar-refractivity contribution in [2.24, 2.45) is 0 Å². The Morgan fingerprint density at radius 3 is 2.45 bits per heavy atom. The number of rotatable bonds is 6. The summed E-state index contributed by atoms with van der Waals surface area (Å²) >= 11 is 1.35. The van der Waals surface area contributed by atoms with Gasteiger partial charge in [-0.15, -0.1) is 11.3 Å². The molecule has 0 aliphatic heterocycles. The number of carbonyl (C=O) groups is 1. The van der Waals surface area contributed by atoms with Gasteiger partial charge in [-0.05, 0) is 49.7 Å². The topological polar surface area (TPSA) is 78.3 Å². The molecule has 4 rings (SSSR count). The Bertz CT molecular complexity index is 1250. The van der Waals surface area contributed by atoms with Crippen molar-refractivity contribution in [3.8, 4) is 28.4 Å². The second-order valence-corrected chi connectivity index (χ2v) is 7.87. The molecule has 0 saturated heterocycles. The number of aryl methyl sites for hydroxylation is 2. The normalized spacial score (nSPS) is 10.7. The highest BCUT2D eigenvalue weighted by molar-refractivity contribution is 7.14. The smallest absolute Gasteiger partial charge is 0.277 e. The molecule has 0 spiro atoms. The first-order valence-corrected chi connectivity index (χ1v) is 10.5. The van der Waals surface area contributed by atoms with Crippen molar-refractivity contribution < 1.29 is 14.3 Å². The minimum atomic E-state index is -0.331. The second kappa shape index (κ2) is 8.61. The number of nitrogens with one attached hydrogen (secondary N) is 1. The summed E-state index contributed by atoms with van der Waals surface area (Å²) in [7, 11) is 3.23. The summed E-state index contributed by atoms with van der Waals surface area (Å²) in [4.78, 5) is 17.3. The van der Waals surface area contributed by atoms with Crippen LogP contribution in [0.1, 0.15) is 21.6 Å². The van der Waals surface area contributed by atoms with Crippen LogP contribution in [0.15, 0.2) is 54.0 Å². The maximum atomic E-state index is 12.7. The molecule has 8 heteroatoms. The van der Waals surface area contributed by atoms with E-state index in [0.717, 1.165) is 33.8 Å². The Labute approximate surface area is 184 Å². The summed E-state index contributed by atoms with van der Waals surface area (Å²) in [5, 5.41) is 9.62. The van der Waals surface area contributed by atoms with Gasteiger partial charge in [-0.25, -0.2) is 9.67 Å². The standard InChI is InChI=1S/C23H22N4O3S/c1-14-5-7-20(29-3)16(11-14)18-13-31-23(24-18)25-22(28)17-9-10-27(26-17)19-12-15(2)6-8-21(19)30-4/h5-13H,1-4H3,(H,24,25,28). The summed E-state index contributed by atoms with van der Waals surface area (Å²) in [5.41, 5.74) is 4.86. The maximum Gasteiger partial charge on any atom is 0.277 e. The lowest BCUT2D eigenvalue weighted by atomic mass is 10.1. The van der Waals surface area contributed by atoms with Crippen LogP contribution >= 0.6 is 11.3 Å². The van der Waals surface area contributed by atoms with Crippen LogP contribution < -0.4 is 14.8 Å². The number of benzene rings is 2. The molecule has 0 fully saturated rings. The van der Waals surface area contributed by atoms with Crippen molar-refractivity contribution in [2.45, 2.75) is 13.8 Å². The molecule has 0 saturated carbocycles. The number of amides is 1. The van der Waals surface area contributed by atoms with Gasteiger partial charge in [-0.2, -0.15) is 5.10 Å². The van der Waals surface area contributed by atoms with Crippen LogP contribution in [0.5, 0.6) is 11.5 Å². The molecular formula is C23H22N4O3S. The zero-order valence-corrected chi connectivity index (χ0v) is 18.5. The summed E-state index contributed by atoms with van der Waals surface area (Å²) in [5.74, 6) is 1.08. The maximum absolute atomic E-state index is 12.7. The number of aromatic nitrogens is 3. The molecule has 1 amide bonds. The van der Waals surface area contributed by atoms with E-state index in [1.54, 1.807) is 31.2 Å². The molecule has 0 atom stereocenters. The summed E-state index contributed by atoms with van der Waals surface area (Å²) in [6.45, 7) is 4.00. The van der Waals surface area contributed by atoms with Crippen molar-refractivity contribution in [1.82, 2.24) is 14.8 Å². The van der Waals surface area contributed by atoms with Gasteiger partial charge in [0.1, 0.15) is 17.2 Å². The SMILES string of the molecule is COc1ccc(C)cc1-c1csc(NC(=O)c2ccn(-c3cc(C)ccc3OC)n2)n1. The molecule has 4 aromatic rings. The number of nitrogens with zero attached hydrogens (tertiary/aromatic N) is 3. The van der Waals surface area contributed by atoms with E-state index in [1.807, 2.05) is 55.6 Å². The molecule has 0 aliphatic carbocycles. The quantitative estimate of drug-likeness (QED) is 0.468. The van der Waals surface area contributed by atoms with Crippen molar-refractivity contribution in [3.63, 3.8) is 0 Å². The molecular weight excluding hydrogens is 412 g/mol. The summed E-state index contributed by atoms with van der Waals surface area (Å²) in [6, 6.07) is 13.4. The van der Waals surface area contributed by atoms with E-state index in [1.165, 1.54) is 11.3 Å². The molecule has 2 heterocycles. The Kier molecular flexibility index (Phi) is 5.73. The lowest BCUT2D eigenvalue weighted by Gasteiger charge is -2.09. The number of carbonyl (C=O) groups excluding carboxylic acids is 1. The van der Waals surface area contributed by atoms with Gasteiger partial charge in [-0.1, -0.05) is 17.7 Å². The number of thiazole rings is 1. The minimum Gasteiger partial charge on any atom is -0.496 e. The van der Waals surface area contributed by atoms with Gasteiger partial charge in [0.15, 0.2) is 10.8 Å². The highest BCUT2D eigenvalue weighted by atomic mass is 32.1. The second-order valence-electron chi connectivity index (χ2n) is 7.02. The van der Waals surface area contributed by atoms with E-state index in [-0.39, 0.29) is 11.6 Å². The van der Waals surface area contributed by atoms with E-state index < -0.39 is 0 Å². The Balaban J connectivity index is 1.55. The van der Waals surface area contributed by atoms with Gasteiger partial charge in [0, 0.05) is 17.1 Å². The number of ether oxygens (including phenoxy) is 2. The molecule has 0 radical (unpaired) electrons. The van der Waals surface area contributed by atoms with Crippen LogP contribution in [0.4, 0.5) is 5.13 Å². The van der Waals surface area contributed by atoms with Crippen molar-refractivity contribution >= 4 is 22.4 Å². The number of hydrogen-bond acceptors (Lipinski definition) is 6. The van der Waals surface area contributed by atoms with E-state index in [9.17, 15) is 4.79 Å². The van der Waals surface area contributed by atoms with Gasteiger partial charge in [0.25, 0.3) is 5.91 Å². The first kappa shape index (κ1) is 20.6. The molecule has 0 bridgehead atoms.